The molecule has 0 spiro atoms. The van der Waals surface area contributed by atoms with Gasteiger partial charge in [0.15, 0.2) is 5.96 Å². The van der Waals surface area contributed by atoms with Crippen LogP contribution in [0.15, 0.2) is 17.6 Å². The van der Waals surface area contributed by atoms with Crippen LogP contribution in [0.25, 0.3) is 0 Å². The van der Waals surface area contributed by atoms with Crippen molar-refractivity contribution < 1.29 is 4.74 Å². The fraction of sp³-hybridized carbons (Fsp3) is 0.842. The molecular weight excluding hydrogens is 300 g/mol. The van der Waals surface area contributed by atoms with Crippen LogP contribution in [-0.4, -0.2) is 75.3 Å². The smallest absolute Gasteiger partial charge is 0.193 e. The molecule has 0 bridgehead atoms. The number of hydrogen-bond donors (Lipinski definition) is 1. The first-order valence-corrected chi connectivity index (χ1v) is 9.52. The second kappa shape index (κ2) is 12.3. The fourth-order valence-electron chi connectivity index (χ4n) is 3.50. The number of nitrogens with one attached hydrogen (secondary N) is 1. The summed E-state index contributed by atoms with van der Waals surface area (Å²) in [5.74, 6) is 1.70. The van der Waals surface area contributed by atoms with Gasteiger partial charge in [-0.05, 0) is 18.8 Å². The van der Waals surface area contributed by atoms with Crippen molar-refractivity contribution in [1.29, 1.82) is 0 Å². The fourth-order valence-corrected chi connectivity index (χ4v) is 3.50. The number of nitrogens with zero attached hydrogens (tertiary/aromatic N) is 3. The summed E-state index contributed by atoms with van der Waals surface area (Å²) in [6.45, 7) is 14.1. The zero-order chi connectivity index (χ0) is 17.8. The van der Waals surface area contributed by atoms with Crippen molar-refractivity contribution in [3.63, 3.8) is 0 Å². The summed E-state index contributed by atoms with van der Waals surface area (Å²) >= 11 is 0. The Kier molecular flexibility index (Phi) is 10.8. The van der Waals surface area contributed by atoms with Gasteiger partial charge < -0.3 is 15.0 Å². The third-order valence-corrected chi connectivity index (χ3v) is 5.05. The SMILES string of the molecule is C=CCCCN(C)C(=NC)NCC(C(CC)CC)N1CCOCC1. The molecule has 1 rings (SSSR count). The van der Waals surface area contributed by atoms with Crippen LogP contribution in [0.4, 0.5) is 0 Å². The highest BCUT2D eigenvalue weighted by Gasteiger charge is 2.27. The van der Waals surface area contributed by atoms with E-state index in [2.05, 4.69) is 47.6 Å². The van der Waals surface area contributed by atoms with Crippen LogP contribution in [-0.2, 0) is 4.74 Å². The summed E-state index contributed by atoms with van der Waals surface area (Å²) < 4.78 is 5.53. The number of guanidine groups is 1. The Labute approximate surface area is 149 Å². The summed E-state index contributed by atoms with van der Waals surface area (Å²) in [5.41, 5.74) is 0. The highest BCUT2D eigenvalue weighted by Crippen LogP contribution is 2.19. The van der Waals surface area contributed by atoms with E-state index < -0.39 is 0 Å². The zero-order valence-corrected chi connectivity index (χ0v) is 16.3. The van der Waals surface area contributed by atoms with Crippen LogP contribution in [0.3, 0.4) is 0 Å². The van der Waals surface area contributed by atoms with Crippen LogP contribution in [0.5, 0.6) is 0 Å². The first kappa shape index (κ1) is 21.0. The average Bonchev–Trinajstić information content (AvgIpc) is 2.62. The lowest BCUT2D eigenvalue weighted by atomic mass is 9.92. The molecule has 0 amide bonds. The number of morpholine rings is 1. The monoisotopic (exact) mass is 338 g/mol. The first-order valence-electron chi connectivity index (χ1n) is 9.52. The van der Waals surface area contributed by atoms with Gasteiger partial charge in [-0.15, -0.1) is 6.58 Å². The Morgan fingerprint density at radius 1 is 1.33 bits per heavy atom. The lowest BCUT2D eigenvalue weighted by Crippen LogP contribution is -2.53. The summed E-state index contributed by atoms with van der Waals surface area (Å²) in [5, 5.41) is 3.61. The molecule has 1 N–H and O–H groups in total. The highest BCUT2D eigenvalue weighted by atomic mass is 16.5. The van der Waals surface area contributed by atoms with Crippen LogP contribution in [0.1, 0.15) is 39.5 Å². The number of ether oxygens (including phenoxy) is 1. The Morgan fingerprint density at radius 3 is 2.54 bits per heavy atom. The quantitative estimate of drug-likeness (QED) is 0.288. The van der Waals surface area contributed by atoms with Crippen LogP contribution in [0, 0.1) is 5.92 Å². The van der Waals surface area contributed by atoms with Crippen molar-refractivity contribution in [3.05, 3.63) is 12.7 Å². The van der Waals surface area contributed by atoms with Gasteiger partial charge in [0.25, 0.3) is 0 Å². The molecule has 1 aliphatic heterocycles. The number of allylic oxidation sites excluding steroid dienone is 1. The van der Waals surface area contributed by atoms with Crippen LogP contribution >= 0.6 is 0 Å². The molecule has 1 unspecified atom stereocenters. The second-order valence-corrected chi connectivity index (χ2v) is 6.57. The third-order valence-electron chi connectivity index (χ3n) is 5.05. The molecule has 0 saturated carbocycles. The zero-order valence-electron chi connectivity index (χ0n) is 16.3. The minimum absolute atomic E-state index is 0.544. The van der Waals surface area contributed by atoms with Gasteiger partial charge in [0.2, 0.25) is 0 Å². The number of aliphatic imine (C=N–C) groups is 1. The molecule has 0 aromatic carbocycles. The Hall–Kier alpha value is -1.07. The van der Waals surface area contributed by atoms with Gasteiger partial charge in [-0.3, -0.25) is 9.89 Å². The van der Waals surface area contributed by atoms with Crippen LogP contribution < -0.4 is 5.32 Å². The summed E-state index contributed by atoms with van der Waals surface area (Å²) in [4.78, 5) is 9.27. The molecule has 0 aromatic rings. The topological polar surface area (TPSA) is 40.1 Å². The molecular formula is C19H38N4O. The molecule has 1 fully saturated rings. The predicted octanol–water partition coefficient (Wildman–Crippen LogP) is 2.60. The molecule has 0 aliphatic carbocycles. The molecule has 0 radical (unpaired) electrons. The minimum atomic E-state index is 0.544. The van der Waals surface area contributed by atoms with Gasteiger partial charge in [0.1, 0.15) is 0 Å². The third kappa shape index (κ3) is 6.81. The van der Waals surface area contributed by atoms with E-state index in [-0.39, 0.29) is 0 Å². The van der Waals surface area contributed by atoms with E-state index in [0.29, 0.717) is 12.0 Å². The number of hydrogen-bond acceptors (Lipinski definition) is 3. The molecule has 1 saturated heterocycles. The van der Waals surface area contributed by atoms with Crippen molar-refractivity contribution in [2.45, 2.75) is 45.6 Å². The maximum atomic E-state index is 5.53. The standard InChI is InChI=1S/C19H38N4O/c1-6-9-10-11-22(5)19(20-4)21-16-18(17(7-2)8-3)23-12-14-24-15-13-23/h6,17-18H,1,7-16H2,2-5H3,(H,20,21). The lowest BCUT2D eigenvalue weighted by Gasteiger charge is -2.39. The van der Waals surface area contributed by atoms with E-state index in [1.54, 1.807) is 0 Å². The van der Waals surface area contributed by atoms with Gasteiger partial charge in [-0.1, -0.05) is 32.8 Å². The molecule has 0 aromatic heterocycles. The van der Waals surface area contributed by atoms with Crippen LogP contribution in [0.2, 0.25) is 0 Å². The minimum Gasteiger partial charge on any atom is -0.379 e. The maximum absolute atomic E-state index is 5.53. The molecule has 5 nitrogen and oxygen atoms in total. The summed E-state index contributed by atoms with van der Waals surface area (Å²) in [7, 11) is 3.98. The van der Waals surface area contributed by atoms with E-state index in [1.807, 2.05) is 13.1 Å². The highest BCUT2D eigenvalue weighted by molar-refractivity contribution is 5.79. The van der Waals surface area contributed by atoms with Crippen molar-refractivity contribution >= 4 is 5.96 Å². The number of unbranched alkanes of at least 4 members (excludes halogenated alkanes) is 1. The molecule has 1 aliphatic rings. The number of rotatable bonds is 10. The van der Waals surface area contributed by atoms with Crippen molar-refractivity contribution in [3.8, 4) is 0 Å². The van der Waals surface area contributed by atoms with Gasteiger partial charge in [0, 0.05) is 46.3 Å². The molecule has 140 valence electrons. The van der Waals surface area contributed by atoms with Gasteiger partial charge in [-0.25, -0.2) is 0 Å². The Balaban J connectivity index is 2.62. The maximum Gasteiger partial charge on any atom is 0.193 e. The second-order valence-electron chi connectivity index (χ2n) is 6.57. The largest absolute Gasteiger partial charge is 0.379 e. The predicted molar refractivity (Wildman–Crippen MR) is 104 cm³/mol. The molecule has 1 heterocycles. The van der Waals surface area contributed by atoms with E-state index in [4.69, 9.17) is 4.74 Å². The normalized spacial score (nSPS) is 17.8. The van der Waals surface area contributed by atoms with Gasteiger partial charge in [-0.2, -0.15) is 0 Å². The molecule has 1 atom stereocenters. The first-order chi connectivity index (χ1) is 11.7. The Bertz CT molecular complexity index is 362. The van der Waals surface area contributed by atoms with E-state index in [1.165, 1.54) is 12.8 Å². The van der Waals surface area contributed by atoms with E-state index in [9.17, 15) is 0 Å². The molecule has 24 heavy (non-hydrogen) atoms. The van der Waals surface area contributed by atoms with E-state index in [0.717, 1.165) is 58.2 Å². The van der Waals surface area contributed by atoms with Crippen molar-refractivity contribution in [1.82, 2.24) is 15.1 Å². The Morgan fingerprint density at radius 2 is 2.00 bits per heavy atom. The van der Waals surface area contributed by atoms with E-state index >= 15 is 0 Å². The summed E-state index contributed by atoms with van der Waals surface area (Å²) in [6.07, 6.45) is 6.57. The lowest BCUT2D eigenvalue weighted by molar-refractivity contribution is 0.00261. The summed E-state index contributed by atoms with van der Waals surface area (Å²) in [6, 6.07) is 0.544. The van der Waals surface area contributed by atoms with Crippen molar-refractivity contribution in [2.24, 2.45) is 10.9 Å². The van der Waals surface area contributed by atoms with Gasteiger partial charge in [0.05, 0.1) is 13.2 Å². The average molecular weight is 339 g/mol. The molecule has 5 heteroatoms. The van der Waals surface area contributed by atoms with Gasteiger partial charge >= 0.3 is 0 Å². The van der Waals surface area contributed by atoms with Crippen molar-refractivity contribution in [2.75, 3.05) is 53.5 Å².